The zero-order valence-electron chi connectivity index (χ0n) is 14.7. The lowest BCUT2D eigenvalue weighted by Gasteiger charge is -2.27. The number of nitrogens with one attached hydrogen (secondary N) is 1. The van der Waals surface area contributed by atoms with Crippen molar-refractivity contribution in [2.24, 2.45) is 5.92 Å². The van der Waals surface area contributed by atoms with Gasteiger partial charge in [0.25, 0.3) is 5.91 Å². The minimum Gasteiger partial charge on any atom is -0.490 e. The van der Waals surface area contributed by atoms with Crippen molar-refractivity contribution in [1.29, 1.82) is 0 Å². The van der Waals surface area contributed by atoms with E-state index in [-0.39, 0.29) is 18.6 Å². The summed E-state index contributed by atoms with van der Waals surface area (Å²) in [7, 11) is 0. The average molecular weight is 349 g/mol. The van der Waals surface area contributed by atoms with Crippen LogP contribution in [0.3, 0.4) is 0 Å². The minimum absolute atomic E-state index is 0.160. The number of hydrogen-bond acceptors (Lipinski definition) is 4. The highest BCUT2D eigenvalue weighted by molar-refractivity contribution is 5.79. The number of benzene rings is 1. The Bertz CT molecular complexity index is 575. The molecule has 1 amide bonds. The molecule has 0 aliphatic heterocycles. The van der Waals surface area contributed by atoms with E-state index in [9.17, 15) is 14.7 Å². The molecule has 2 N–H and O–H groups in total. The molecule has 25 heavy (non-hydrogen) atoms. The van der Waals surface area contributed by atoms with Crippen molar-refractivity contribution in [1.82, 2.24) is 5.32 Å². The number of para-hydroxylation sites is 2. The van der Waals surface area contributed by atoms with Crippen LogP contribution in [-0.4, -0.2) is 36.2 Å². The summed E-state index contributed by atoms with van der Waals surface area (Å²) in [6.45, 7) is 2.23. The topological polar surface area (TPSA) is 84.9 Å². The number of ether oxygens (including phenoxy) is 2. The third-order valence-corrected chi connectivity index (χ3v) is 4.44. The fourth-order valence-electron chi connectivity index (χ4n) is 3.19. The van der Waals surface area contributed by atoms with Gasteiger partial charge in [0.15, 0.2) is 18.1 Å². The van der Waals surface area contributed by atoms with Crippen LogP contribution in [0.4, 0.5) is 0 Å². The van der Waals surface area contributed by atoms with E-state index in [0.29, 0.717) is 30.9 Å². The van der Waals surface area contributed by atoms with Gasteiger partial charge in [-0.1, -0.05) is 37.8 Å². The highest BCUT2D eigenvalue weighted by Gasteiger charge is 2.29. The second-order valence-corrected chi connectivity index (χ2v) is 6.28. The zero-order valence-corrected chi connectivity index (χ0v) is 14.7. The van der Waals surface area contributed by atoms with Crippen molar-refractivity contribution in [3.8, 4) is 11.5 Å². The fourth-order valence-corrected chi connectivity index (χ4v) is 3.19. The monoisotopic (exact) mass is 349 g/mol. The summed E-state index contributed by atoms with van der Waals surface area (Å²) < 4.78 is 11.0. The van der Waals surface area contributed by atoms with Crippen LogP contribution in [0.1, 0.15) is 45.4 Å². The molecule has 0 saturated heterocycles. The maximum atomic E-state index is 12.3. The standard InChI is InChI=1S/C19H27NO5/c1-2-24-16-11-7-8-12-17(16)25-13-18(21)20-15-10-6-4-3-5-9-14(15)19(22)23/h7-8,11-12,14-15H,2-6,9-10,13H2,1H3,(H,20,21)(H,22,23). The van der Waals surface area contributed by atoms with Crippen molar-refractivity contribution < 1.29 is 24.2 Å². The Hall–Kier alpha value is -2.24. The Morgan fingerprint density at radius 3 is 2.36 bits per heavy atom. The number of carbonyl (C=O) groups excluding carboxylic acids is 1. The van der Waals surface area contributed by atoms with Crippen LogP contribution in [-0.2, 0) is 9.59 Å². The number of hydrogen-bond donors (Lipinski definition) is 2. The molecule has 0 bridgehead atoms. The molecule has 1 saturated carbocycles. The summed E-state index contributed by atoms with van der Waals surface area (Å²) in [6.07, 6.45) is 5.26. The van der Waals surface area contributed by atoms with E-state index in [0.717, 1.165) is 25.7 Å². The summed E-state index contributed by atoms with van der Waals surface area (Å²) in [6, 6.07) is 6.84. The lowest BCUT2D eigenvalue weighted by atomic mass is 9.87. The smallest absolute Gasteiger partial charge is 0.308 e. The van der Waals surface area contributed by atoms with Crippen molar-refractivity contribution in [3.05, 3.63) is 24.3 Å². The van der Waals surface area contributed by atoms with Gasteiger partial charge in [0.05, 0.1) is 12.5 Å². The molecule has 0 aromatic heterocycles. The number of aliphatic carboxylic acids is 1. The predicted octanol–water partition coefficient (Wildman–Crippen LogP) is 3.00. The zero-order chi connectivity index (χ0) is 18.1. The number of carbonyl (C=O) groups is 2. The molecule has 2 atom stereocenters. The first-order valence-corrected chi connectivity index (χ1v) is 8.98. The van der Waals surface area contributed by atoms with Gasteiger partial charge in [0.1, 0.15) is 0 Å². The minimum atomic E-state index is -0.838. The molecule has 6 heteroatoms. The molecule has 6 nitrogen and oxygen atoms in total. The van der Waals surface area contributed by atoms with Gasteiger partial charge in [-0.2, -0.15) is 0 Å². The maximum absolute atomic E-state index is 12.3. The molecule has 1 aliphatic rings. The van der Waals surface area contributed by atoms with E-state index in [4.69, 9.17) is 9.47 Å². The molecule has 0 radical (unpaired) electrons. The predicted molar refractivity (Wildman–Crippen MR) is 93.9 cm³/mol. The Balaban J connectivity index is 1.92. The highest BCUT2D eigenvalue weighted by Crippen LogP contribution is 2.26. The summed E-state index contributed by atoms with van der Waals surface area (Å²) in [5.41, 5.74) is 0. The first-order chi connectivity index (χ1) is 12.1. The first-order valence-electron chi connectivity index (χ1n) is 8.98. The molecular formula is C19H27NO5. The lowest BCUT2D eigenvalue weighted by Crippen LogP contribution is -2.45. The summed E-state index contributed by atoms with van der Waals surface area (Å²) in [5.74, 6) is -0.572. The van der Waals surface area contributed by atoms with Crippen LogP contribution in [0, 0.1) is 5.92 Å². The first kappa shape index (κ1) is 19.1. The van der Waals surface area contributed by atoms with Crippen molar-refractivity contribution in [3.63, 3.8) is 0 Å². The van der Waals surface area contributed by atoms with Crippen LogP contribution >= 0.6 is 0 Å². The van der Waals surface area contributed by atoms with Gasteiger partial charge < -0.3 is 19.9 Å². The van der Waals surface area contributed by atoms with Crippen LogP contribution in [0.15, 0.2) is 24.3 Å². The quantitative estimate of drug-likeness (QED) is 0.790. The van der Waals surface area contributed by atoms with E-state index >= 15 is 0 Å². The molecule has 2 unspecified atom stereocenters. The molecule has 0 spiro atoms. The van der Waals surface area contributed by atoms with Crippen LogP contribution < -0.4 is 14.8 Å². The normalized spacial score (nSPS) is 20.8. The lowest BCUT2D eigenvalue weighted by molar-refractivity contribution is -0.143. The van der Waals surface area contributed by atoms with Crippen molar-refractivity contribution in [2.45, 2.75) is 51.5 Å². The fraction of sp³-hybridized carbons (Fsp3) is 0.579. The molecule has 2 rings (SSSR count). The Morgan fingerprint density at radius 1 is 1.08 bits per heavy atom. The molecule has 138 valence electrons. The Labute approximate surface area is 148 Å². The Morgan fingerprint density at radius 2 is 1.72 bits per heavy atom. The van der Waals surface area contributed by atoms with Crippen LogP contribution in [0.5, 0.6) is 11.5 Å². The molecule has 1 aliphatic carbocycles. The number of carboxylic acid groups (broad SMARTS) is 1. The van der Waals surface area contributed by atoms with Gasteiger partial charge in [0.2, 0.25) is 0 Å². The average Bonchev–Trinajstić information content (AvgIpc) is 2.56. The molecule has 1 aromatic carbocycles. The Kier molecular flexibility index (Phi) is 7.57. The number of carboxylic acids is 1. The van der Waals surface area contributed by atoms with Crippen molar-refractivity contribution >= 4 is 11.9 Å². The molecule has 1 fully saturated rings. The summed E-state index contributed by atoms with van der Waals surface area (Å²) >= 11 is 0. The maximum Gasteiger partial charge on any atom is 0.308 e. The van der Waals surface area contributed by atoms with Gasteiger partial charge in [-0.25, -0.2) is 0 Å². The van der Waals surface area contributed by atoms with E-state index in [1.807, 2.05) is 19.1 Å². The summed E-state index contributed by atoms with van der Waals surface area (Å²) in [4.78, 5) is 23.8. The SMILES string of the molecule is CCOc1ccccc1OCC(=O)NC1CCCCCCC1C(=O)O. The van der Waals surface area contributed by atoms with Gasteiger partial charge in [-0.3, -0.25) is 9.59 Å². The molecule has 1 aromatic rings. The van der Waals surface area contributed by atoms with Crippen LogP contribution in [0.25, 0.3) is 0 Å². The number of amides is 1. The van der Waals surface area contributed by atoms with Gasteiger partial charge in [0, 0.05) is 6.04 Å². The highest BCUT2D eigenvalue weighted by atomic mass is 16.5. The van der Waals surface area contributed by atoms with Gasteiger partial charge in [-0.05, 0) is 31.9 Å². The second-order valence-electron chi connectivity index (χ2n) is 6.28. The van der Waals surface area contributed by atoms with Crippen molar-refractivity contribution in [2.75, 3.05) is 13.2 Å². The van der Waals surface area contributed by atoms with E-state index in [1.165, 1.54) is 0 Å². The molecule has 0 heterocycles. The second kappa shape index (κ2) is 9.91. The number of rotatable bonds is 7. The van der Waals surface area contributed by atoms with E-state index < -0.39 is 11.9 Å². The third kappa shape index (κ3) is 5.96. The summed E-state index contributed by atoms with van der Waals surface area (Å²) in [5, 5.41) is 12.3. The van der Waals surface area contributed by atoms with E-state index in [2.05, 4.69) is 5.32 Å². The van der Waals surface area contributed by atoms with Crippen LogP contribution in [0.2, 0.25) is 0 Å². The third-order valence-electron chi connectivity index (χ3n) is 4.44. The van der Waals surface area contributed by atoms with Gasteiger partial charge in [-0.15, -0.1) is 0 Å². The largest absolute Gasteiger partial charge is 0.490 e. The van der Waals surface area contributed by atoms with E-state index in [1.54, 1.807) is 12.1 Å². The molecular weight excluding hydrogens is 322 g/mol. The van der Waals surface area contributed by atoms with Gasteiger partial charge >= 0.3 is 5.97 Å².